The van der Waals surface area contributed by atoms with Crippen LogP contribution >= 0.6 is 0 Å². The van der Waals surface area contributed by atoms with Gasteiger partial charge in [0, 0.05) is 5.56 Å². The van der Waals surface area contributed by atoms with Crippen LogP contribution in [0.15, 0.2) is 41.4 Å². The molecule has 3 rings (SSSR count). The summed E-state index contributed by atoms with van der Waals surface area (Å²) in [4.78, 5) is 4.26. The van der Waals surface area contributed by atoms with E-state index < -0.39 is 17.7 Å². The number of aromatic hydroxyl groups is 1. The molecule has 3 nitrogen and oxygen atoms in total. The summed E-state index contributed by atoms with van der Waals surface area (Å²) in [6.07, 6.45) is 0. The highest BCUT2D eigenvalue weighted by molar-refractivity contribution is 5.95. The molecule has 2 aromatic rings. The number of benzene rings is 2. The minimum Gasteiger partial charge on any atom is -0.508 e. The van der Waals surface area contributed by atoms with Crippen molar-refractivity contribution in [2.45, 2.75) is 32.2 Å². The Morgan fingerprint density at radius 3 is 2.38 bits per heavy atom. The first-order valence-electron chi connectivity index (χ1n) is 7.76. The van der Waals surface area contributed by atoms with Crippen LogP contribution in [-0.2, 0) is 10.2 Å². The van der Waals surface area contributed by atoms with Crippen molar-refractivity contribution in [3.63, 3.8) is 0 Å². The number of hydrogen-bond acceptors (Lipinski definition) is 3. The Bertz CT molecular complexity index is 789. The molecule has 1 N–H and O–H groups in total. The highest BCUT2D eigenvalue weighted by Crippen LogP contribution is 2.35. The molecule has 0 fully saturated rings. The number of phenols is 1. The minimum absolute atomic E-state index is 0.0742. The maximum absolute atomic E-state index is 13.8. The molecule has 0 amide bonds. The molecule has 5 heteroatoms. The van der Waals surface area contributed by atoms with E-state index in [4.69, 9.17) is 4.74 Å². The molecule has 0 radical (unpaired) electrons. The highest BCUT2D eigenvalue weighted by Gasteiger charge is 2.28. The number of halogens is 2. The molecule has 0 saturated carbocycles. The van der Waals surface area contributed by atoms with Crippen molar-refractivity contribution in [3.8, 4) is 5.75 Å². The van der Waals surface area contributed by atoms with Crippen LogP contribution in [0.2, 0.25) is 0 Å². The van der Waals surface area contributed by atoms with Crippen LogP contribution < -0.4 is 0 Å². The number of nitrogens with zero attached hydrogens (tertiary/aromatic N) is 1. The third-order valence-electron chi connectivity index (χ3n) is 4.08. The van der Waals surface area contributed by atoms with Crippen molar-refractivity contribution in [3.05, 3.63) is 64.7 Å². The van der Waals surface area contributed by atoms with E-state index in [1.807, 2.05) is 6.07 Å². The van der Waals surface area contributed by atoms with E-state index in [2.05, 4.69) is 25.8 Å². The third-order valence-corrected chi connectivity index (χ3v) is 4.08. The van der Waals surface area contributed by atoms with E-state index in [1.165, 1.54) is 6.07 Å². The van der Waals surface area contributed by atoms with E-state index >= 15 is 0 Å². The number of phenolic OH excluding ortho intramolecular Hbond substituents is 1. The molecule has 126 valence electrons. The van der Waals surface area contributed by atoms with Gasteiger partial charge in [0.25, 0.3) is 0 Å². The van der Waals surface area contributed by atoms with Crippen LogP contribution in [-0.4, -0.2) is 17.6 Å². The van der Waals surface area contributed by atoms with Gasteiger partial charge >= 0.3 is 0 Å². The van der Waals surface area contributed by atoms with Gasteiger partial charge < -0.3 is 9.84 Å². The second kappa shape index (κ2) is 5.89. The lowest BCUT2D eigenvalue weighted by molar-refractivity contribution is 0.314. The van der Waals surface area contributed by atoms with E-state index in [9.17, 15) is 13.9 Å². The standard InChI is InChI=1S/C19H19F2NO2/c1-19(2,3)11-7-8-12(16(23)9-11)15-10-24-18(22-15)17-13(20)5-4-6-14(17)21/h4-9,15,23H,10H2,1-3H3. The summed E-state index contributed by atoms with van der Waals surface area (Å²) in [6, 6.07) is 8.53. The molecule has 1 unspecified atom stereocenters. The van der Waals surface area contributed by atoms with Crippen molar-refractivity contribution >= 4 is 5.90 Å². The molecule has 0 aliphatic carbocycles. The monoisotopic (exact) mass is 331 g/mol. The van der Waals surface area contributed by atoms with Crippen LogP contribution in [0.25, 0.3) is 0 Å². The Morgan fingerprint density at radius 2 is 1.79 bits per heavy atom. The van der Waals surface area contributed by atoms with Crippen molar-refractivity contribution in [1.29, 1.82) is 0 Å². The minimum atomic E-state index is -0.721. The smallest absolute Gasteiger partial charge is 0.222 e. The highest BCUT2D eigenvalue weighted by atomic mass is 19.1. The number of aliphatic imine (C=N–C) groups is 1. The quantitative estimate of drug-likeness (QED) is 0.881. The third kappa shape index (κ3) is 2.98. The molecule has 0 spiro atoms. The maximum Gasteiger partial charge on any atom is 0.222 e. The first-order valence-corrected chi connectivity index (χ1v) is 7.76. The van der Waals surface area contributed by atoms with Gasteiger partial charge in [-0.15, -0.1) is 0 Å². The summed E-state index contributed by atoms with van der Waals surface area (Å²) < 4.78 is 33.1. The molecule has 0 bridgehead atoms. The van der Waals surface area contributed by atoms with Crippen LogP contribution in [0, 0.1) is 11.6 Å². The summed E-state index contributed by atoms with van der Waals surface area (Å²) >= 11 is 0. The Balaban J connectivity index is 1.94. The first-order chi connectivity index (χ1) is 11.3. The molecule has 0 aromatic heterocycles. The zero-order valence-electron chi connectivity index (χ0n) is 13.8. The van der Waals surface area contributed by atoms with E-state index in [1.54, 1.807) is 12.1 Å². The molecular weight excluding hydrogens is 312 g/mol. The average molecular weight is 331 g/mol. The maximum atomic E-state index is 13.8. The summed E-state index contributed by atoms with van der Waals surface area (Å²) in [5.41, 5.74) is 1.21. The predicted molar refractivity (Wildman–Crippen MR) is 88.4 cm³/mol. The van der Waals surface area contributed by atoms with E-state index in [-0.39, 0.29) is 29.2 Å². The van der Waals surface area contributed by atoms with Gasteiger partial charge in [-0.05, 0) is 29.2 Å². The molecule has 1 heterocycles. The van der Waals surface area contributed by atoms with Gasteiger partial charge in [-0.25, -0.2) is 13.8 Å². The first kappa shape index (κ1) is 16.4. The van der Waals surface area contributed by atoms with Gasteiger partial charge in [-0.3, -0.25) is 0 Å². The Hall–Kier alpha value is -2.43. The van der Waals surface area contributed by atoms with Gasteiger partial charge in [-0.1, -0.05) is 39.0 Å². The molecule has 2 aromatic carbocycles. The number of rotatable bonds is 2. The molecule has 1 atom stereocenters. The lowest BCUT2D eigenvalue weighted by atomic mass is 9.86. The van der Waals surface area contributed by atoms with E-state index in [0.717, 1.165) is 17.7 Å². The summed E-state index contributed by atoms with van der Waals surface area (Å²) in [6.45, 7) is 6.29. The van der Waals surface area contributed by atoms with Crippen LogP contribution in [0.4, 0.5) is 8.78 Å². The van der Waals surface area contributed by atoms with Crippen molar-refractivity contribution in [1.82, 2.24) is 0 Å². The number of ether oxygens (including phenoxy) is 1. The fourth-order valence-corrected chi connectivity index (χ4v) is 2.66. The lowest BCUT2D eigenvalue weighted by Crippen LogP contribution is -2.11. The summed E-state index contributed by atoms with van der Waals surface area (Å²) in [5.74, 6) is -1.41. The van der Waals surface area contributed by atoms with Gasteiger partial charge in [0.05, 0.1) is 0 Å². The lowest BCUT2D eigenvalue weighted by Gasteiger charge is -2.20. The SMILES string of the molecule is CC(C)(C)c1ccc(C2COC(c3c(F)cccc3F)=N2)c(O)c1. The second-order valence-electron chi connectivity index (χ2n) is 6.88. The largest absolute Gasteiger partial charge is 0.508 e. The summed E-state index contributed by atoms with van der Waals surface area (Å²) in [7, 11) is 0. The van der Waals surface area contributed by atoms with Crippen LogP contribution in [0.3, 0.4) is 0 Å². The zero-order valence-corrected chi connectivity index (χ0v) is 13.8. The van der Waals surface area contributed by atoms with Gasteiger partial charge in [0.15, 0.2) is 0 Å². The predicted octanol–water partition coefficient (Wildman–Crippen LogP) is 4.49. The summed E-state index contributed by atoms with van der Waals surface area (Å²) in [5, 5.41) is 10.3. The zero-order chi connectivity index (χ0) is 17.5. The van der Waals surface area contributed by atoms with E-state index in [0.29, 0.717) is 5.56 Å². The molecule has 24 heavy (non-hydrogen) atoms. The molecule has 1 aliphatic rings. The second-order valence-corrected chi connectivity index (χ2v) is 6.88. The van der Waals surface area contributed by atoms with Crippen LogP contribution in [0.5, 0.6) is 5.75 Å². The molecule has 0 saturated heterocycles. The molecule has 1 aliphatic heterocycles. The van der Waals surface area contributed by atoms with Crippen LogP contribution in [0.1, 0.15) is 43.5 Å². The Labute approximate surface area is 139 Å². The van der Waals surface area contributed by atoms with Gasteiger partial charge in [-0.2, -0.15) is 0 Å². The normalized spacial score (nSPS) is 17.5. The fraction of sp³-hybridized carbons (Fsp3) is 0.316. The molecular formula is C19H19F2NO2. The van der Waals surface area contributed by atoms with Crippen molar-refractivity contribution in [2.75, 3.05) is 6.61 Å². The Morgan fingerprint density at radius 1 is 1.12 bits per heavy atom. The average Bonchev–Trinajstić information content (AvgIpc) is 2.95. The Kier molecular flexibility index (Phi) is 4.03. The van der Waals surface area contributed by atoms with Crippen molar-refractivity contribution < 1.29 is 18.6 Å². The van der Waals surface area contributed by atoms with Gasteiger partial charge in [0.1, 0.15) is 35.6 Å². The van der Waals surface area contributed by atoms with Crippen molar-refractivity contribution in [2.24, 2.45) is 4.99 Å². The topological polar surface area (TPSA) is 41.8 Å². The number of hydrogen-bond donors (Lipinski definition) is 1. The fourth-order valence-electron chi connectivity index (χ4n) is 2.66. The van der Waals surface area contributed by atoms with Gasteiger partial charge in [0.2, 0.25) is 5.90 Å².